The summed E-state index contributed by atoms with van der Waals surface area (Å²) in [4.78, 5) is 13.8. The highest BCUT2D eigenvalue weighted by molar-refractivity contribution is 7.99. The fourth-order valence-electron chi connectivity index (χ4n) is 3.61. The van der Waals surface area contributed by atoms with Crippen LogP contribution < -0.4 is 5.32 Å². The van der Waals surface area contributed by atoms with Crippen LogP contribution in [0.1, 0.15) is 43.2 Å². The van der Waals surface area contributed by atoms with Gasteiger partial charge in [0.1, 0.15) is 5.82 Å². The number of fused-ring (bicyclic) bond motifs is 1. The van der Waals surface area contributed by atoms with Crippen LogP contribution >= 0.6 is 34.7 Å². The second-order valence-corrected chi connectivity index (χ2v) is 9.81. The van der Waals surface area contributed by atoms with Gasteiger partial charge in [-0.1, -0.05) is 23.4 Å². The second kappa shape index (κ2) is 9.08. The number of amides is 1. The van der Waals surface area contributed by atoms with Crippen molar-refractivity contribution >= 4 is 46.3 Å². The molecule has 0 saturated carbocycles. The average molecular weight is 465 g/mol. The first-order valence-electron chi connectivity index (χ1n) is 9.86. The number of carbonyl (C=O) groups is 1. The molecule has 1 aliphatic carbocycles. The highest BCUT2D eigenvalue weighted by Crippen LogP contribution is 2.37. The number of thiophene rings is 1. The number of hydrogen-bond acceptors (Lipinski definition) is 5. The Labute approximate surface area is 188 Å². The van der Waals surface area contributed by atoms with Gasteiger partial charge in [-0.25, -0.2) is 4.39 Å². The van der Waals surface area contributed by atoms with E-state index in [-0.39, 0.29) is 22.7 Å². The standard InChI is InChI=1S/C21H22ClFN4OS2/c1-12(2)27-20(15-10-29-18-6-4-3-5-14(15)18)25-26-21(27)30-11-19(28)24-13-7-8-17(23)16(22)9-13/h7-10,12H,3-6,11H2,1-2H3,(H,24,28). The molecule has 30 heavy (non-hydrogen) atoms. The average Bonchev–Trinajstić information content (AvgIpc) is 3.33. The molecule has 1 aliphatic rings. The van der Waals surface area contributed by atoms with Gasteiger partial charge in [0.15, 0.2) is 11.0 Å². The zero-order chi connectivity index (χ0) is 21.3. The molecule has 1 amide bonds. The van der Waals surface area contributed by atoms with Crippen LogP contribution in [0.4, 0.5) is 10.1 Å². The Morgan fingerprint density at radius 1 is 1.33 bits per heavy atom. The van der Waals surface area contributed by atoms with Gasteiger partial charge in [0, 0.05) is 27.5 Å². The summed E-state index contributed by atoms with van der Waals surface area (Å²) in [7, 11) is 0. The van der Waals surface area contributed by atoms with Crippen LogP contribution in [0, 0.1) is 5.82 Å². The third-order valence-corrected chi connectivity index (χ3v) is 7.34. The Morgan fingerprint density at radius 2 is 2.13 bits per heavy atom. The third kappa shape index (κ3) is 4.40. The Morgan fingerprint density at radius 3 is 2.90 bits per heavy atom. The van der Waals surface area contributed by atoms with E-state index in [9.17, 15) is 9.18 Å². The molecular formula is C21H22ClFN4OS2. The summed E-state index contributed by atoms with van der Waals surface area (Å²) < 4.78 is 15.4. The number of benzene rings is 1. The summed E-state index contributed by atoms with van der Waals surface area (Å²) in [5, 5.41) is 14.5. The maximum Gasteiger partial charge on any atom is 0.234 e. The molecule has 158 valence electrons. The van der Waals surface area contributed by atoms with E-state index in [0.29, 0.717) is 10.8 Å². The molecule has 0 radical (unpaired) electrons. The Balaban J connectivity index is 1.50. The summed E-state index contributed by atoms with van der Waals surface area (Å²) in [6, 6.07) is 4.27. The molecule has 2 aromatic heterocycles. The van der Waals surface area contributed by atoms with Crippen LogP contribution in [0.5, 0.6) is 0 Å². The molecule has 0 fully saturated rings. The zero-order valence-corrected chi connectivity index (χ0v) is 19.1. The van der Waals surface area contributed by atoms with Crippen LogP contribution in [0.3, 0.4) is 0 Å². The summed E-state index contributed by atoms with van der Waals surface area (Å²) >= 11 is 8.92. The molecule has 0 unspecified atom stereocenters. The van der Waals surface area contributed by atoms with E-state index in [1.165, 1.54) is 58.8 Å². The number of carbonyl (C=O) groups excluding carboxylic acids is 1. The number of aromatic nitrogens is 3. The van der Waals surface area contributed by atoms with Crippen molar-refractivity contribution in [2.75, 3.05) is 11.1 Å². The number of aryl methyl sites for hydroxylation is 1. The Hall–Kier alpha value is -1.90. The monoisotopic (exact) mass is 464 g/mol. The summed E-state index contributed by atoms with van der Waals surface area (Å²) in [5.74, 6) is 0.312. The normalized spacial score (nSPS) is 13.5. The molecule has 0 bridgehead atoms. The van der Waals surface area contributed by atoms with E-state index in [0.717, 1.165) is 18.7 Å². The van der Waals surface area contributed by atoms with Crippen molar-refractivity contribution in [3.63, 3.8) is 0 Å². The minimum Gasteiger partial charge on any atom is -0.325 e. The third-order valence-electron chi connectivity index (χ3n) is 5.02. The highest BCUT2D eigenvalue weighted by Gasteiger charge is 2.23. The van der Waals surface area contributed by atoms with E-state index in [1.807, 2.05) is 11.3 Å². The molecule has 0 spiro atoms. The van der Waals surface area contributed by atoms with Gasteiger partial charge in [-0.15, -0.1) is 21.5 Å². The fraction of sp³-hybridized carbons (Fsp3) is 0.381. The molecule has 3 aromatic rings. The molecule has 2 heterocycles. The lowest BCUT2D eigenvalue weighted by atomic mass is 9.95. The van der Waals surface area contributed by atoms with Gasteiger partial charge in [-0.2, -0.15) is 0 Å². The zero-order valence-electron chi connectivity index (χ0n) is 16.7. The predicted octanol–water partition coefficient (Wildman–Crippen LogP) is 5.99. The summed E-state index contributed by atoms with van der Waals surface area (Å²) in [5.41, 5.74) is 3.04. The molecule has 0 saturated heterocycles. The topological polar surface area (TPSA) is 59.8 Å². The number of nitrogens with zero attached hydrogens (tertiary/aromatic N) is 3. The minimum atomic E-state index is -0.516. The number of rotatable bonds is 6. The molecule has 4 rings (SSSR count). The van der Waals surface area contributed by atoms with E-state index in [4.69, 9.17) is 11.6 Å². The van der Waals surface area contributed by atoms with Crippen molar-refractivity contribution in [3.8, 4) is 11.4 Å². The maximum absolute atomic E-state index is 13.3. The van der Waals surface area contributed by atoms with E-state index in [1.54, 1.807) is 0 Å². The highest BCUT2D eigenvalue weighted by atomic mass is 35.5. The molecule has 0 atom stereocenters. The van der Waals surface area contributed by atoms with Gasteiger partial charge in [0.25, 0.3) is 0 Å². The smallest absolute Gasteiger partial charge is 0.234 e. The number of thioether (sulfide) groups is 1. The van der Waals surface area contributed by atoms with Gasteiger partial charge >= 0.3 is 0 Å². The van der Waals surface area contributed by atoms with Crippen LogP contribution in [0.15, 0.2) is 28.7 Å². The number of hydrogen-bond donors (Lipinski definition) is 1. The van der Waals surface area contributed by atoms with Crippen molar-refractivity contribution in [2.24, 2.45) is 0 Å². The SMILES string of the molecule is CC(C)n1c(SCC(=O)Nc2ccc(F)c(Cl)c2)nnc1-c1csc2c1CCCC2. The summed E-state index contributed by atoms with van der Waals surface area (Å²) in [6.45, 7) is 4.19. The maximum atomic E-state index is 13.3. The van der Waals surface area contributed by atoms with Gasteiger partial charge in [-0.05, 0) is 63.3 Å². The van der Waals surface area contributed by atoms with E-state index >= 15 is 0 Å². The predicted molar refractivity (Wildman–Crippen MR) is 121 cm³/mol. The van der Waals surface area contributed by atoms with Gasteiger partial charge in [0.05, 0.1) is 10.8 Å². The van der Waals surface area contributed by atoms with Crippen LogP contribution in [0.25, 0.3) is 11.4 Å². The first-order chi connectivity index (χ1) is 14.4. The van der Waals surface area contributed by atoms with Gasteiger partial charge in [0.2, 0.25) is 5.91 Å². The Kier molecular flexibility index (Phi) is 6.46. The van der Waals surface area contributed by atoms with Crippen molar-refractivity contribution in [3.05, 3.63) is 44.9 Å². The quantitative estimate of drug-likeness (QED) is 0.455. The first-order valence-corrected chi connectivity index (χ1v) is 12.1. The number of nitrogens with one attached hydrogen (secondary N) is 1. The van der Waals surface area contributed by atoms with Crippen molar-refractivity contribution in [1.82, 2.24) is 14.8 Å². The number of anilines is 1. The lowest BCUT2D eigenvalue weighted by Gasteiger charge is -2.16. The van der Waals surface area contributed by atoms with Crippen molar-refractivity contribution < 1.29 is 9.18 Å². The van der Waals surface area contributed by atoms with E-state index < -0.39 is 5.82 Å². The molecule has 5 nitrogen and oxygen atoms in total. The molecule has 1 aromatic carbocycles. The lowest BCUT2D eigenvalue weighted by Crippen LogP contribution is -2.15. The fourth-order valence-corrected chi connectivity index (χ4v) is 5.78. The van der Waals surface area contributed by atoms with E-state index in [2.05, 4.69) is 39.3 Å². The largest absolute Gasteiger partial charge is 0.325 e. The van der Waals surface area contributed by atoms with Crippen LogP contribution in [-0.4, -0.2) is 26.4 Å². The molecule has 0 aliphatic heterocycles. The van der Waals surface area contributed by atoms with Gasteiger partial charge in [-0.3, -0.25) is 9.36 Å². The van der Waals surface area contributed by atoms with Crippen LogP contribution in [0.2, 0.25) is 5.02 Å². The minimum absolute atomic E-state index is 0.0243. The second-order valence-electron chi connectivity index (χ2n) is 7.49. The lowest BCUT2D eigenvalue weighted by molar-refractivity contribution is -0.113. The van der Waals surface area contributed by atoms with Crippen molar-refractivity contribution in [1.29, 1.82) is 0 Å². The van der Waals surface area contributed by atoms with Gasteiger partial charge < -0.3 is 5.32 Å². The first kappa shape index (κ1) is 21.3. The molecule has 1 N–H and O–H groups in total. The Bertz CT molecular complexity index is 1080. The van der Waals surface area contributed by atoms with Crippen molar-refractivity contribution in [2.45, 2.75) is 50.7 Å². The molecular weight excluding hydrogens is 443 g/mol. The molecule has 9 heteroatoms. The summed E-state index contributed by atoms with van der Waals surface area (Å²) in [6.07, 6.45) is 4.69. The van der Waals surface area contributed by atoms with Crippen LogP contribution in [-0.2, 0) is 17.6 Å². The number of halogens is 2.